The smallest absolute Gasteiger partial charge is 0.262 e. The molecule has 3 N–H and O–H groups in total. The van der Waals surface area contributed by atoms with E-state index in [4.69, 9.17) is 10.5 Å². The molecule has 2 rings (SSSR count). The Kier molecular flexibility index (Phi) is 3.97. The second-order valence-electron chi connectivity index (χ2n) is 3.85. The Labute approximate surface area is 110 Å². The number of ether oxygens (including phenoxy) is 1. The van der Waals surface area contributed by atoms with Gasteiger partial charge in [0.05, 0.1) is 11.4 Å². The van der Waals surface area contributed by atoms with Crippen LogP contribution in [0.2, 0.25) is 0 Å². The van der Waals surface area contributed by atoms with Gasteiger partial charge in [-0.05, 0) is 24.3 Å². The van der Waals surface area contributed by atoms with Gasteiger partial charge in [-0.25, -0.2) is 4.39 Å². The molecule has 0 aliphatic rings. The third-order valence-electron chi connectivity index (χ3n) is 2.43. The number of nitrogen functional groups attached to an aromatic ring is 1. The average Bonchev–Trinajstić information content (AvgIpc) is 2.40. The van der Waals surface area contributed by atoms with Gasteiger partial charge in [0.2, 0.25) is 0 Å². The number of carbonyl (C=O) groups is 1. The van der Waals surface area contributed by atoms with Gasteiger partial charge in [-0.1, -0.05) is 24.3 Å². The Morgan fingerprint density at radius 3 is 2.58 bits per heavy atom. The largest absolute Gasteiger partial charge is 0.482 e. The van der Waals surface area contributed by atoms with Gasteiger partial charge in [0.15, 0.2) is 6.61 Å². The van der Waals surface area contributed by atoms with E-state index in [1.165, 1.54) is 12.1 Å². The summed E-state index contributed by atoms with van der Waals surface area (Å²) in [6, 6.07) is 12.8. The van der Waals surface area contributed by atoms with Crippen LogP contribution in [0.3, 0.4) is 0 Å². The Balaban J connectivity index is 1.92. The van der Waals surface area contributed by atoms with Gasteiger partial charge in [-0.15, -0.1) is 0 Å². The van der Waals surface area contributed by atoms with Crippen LogP contribution in [0, 0.1) is 5.82 Å². The number of nitrogens with one attached hydrogen (secondary N) is 1. The molecule has 0 aliphatic heterocycles. The maximum absolute atomic E-state index is 13.3. The maximum atomic E-state index is 13.3. The monoisotopic (exact) mass is 260 g/mol. The number of hydrogen-bond donors (Lipinski definition) is 2. The van der Waals surface area contributed by atoms with Crippen LogP contribution in [0.15, 0.2) is 48.5 Å². The van der Waals surface area contributed by atoms with E-state index in [-0.39, 0.29) is 12.3 Å². The first-order chi connectivity index (χ1) is 9.16. The molecule has 4 nitrogen and oxygen atoms in total. The molecule has 0 atom stereocenters. The van der Waals surface area contributed by atoms with Crippen molar-refractivity contribution in [3.05, 3.63) is 54.3 Å². The zero-order valence-corrected chi connectivity index (χ0v) is 10.1. The van der Waals surface area contributed by atoms with Crippen molar-refractivity contribution in [2.24, 2.45) is 0 Å². The minimum absolute atomic E-state index is 0.122. The minimum Gasteiger partial charge on any atom is -0.482 e. The predicted molar refractivity (Wildman–Crippen MR) is 71.4 cm³/mol. The Morgan fingerprint density at radius 2 is 1.84 bits per heavy atom. The number of rotatable bonds is 4. The van der Waals surface area contributed by atoms with Crippen LogP contribution in [0.4, 0.5) is 15.8 Å². The first-order valence-corrected chi connectivity index (χ1v) is 5.68. The van der Waals surface area contributed by atoms with Gasteiger partial charge < -0.3 is 15.8 Å². The first kappa shape index (κ1) is 12.9. The SMILES string of the molecule is Nc1ccccc1OCC(=O)Nc1ccccc1F. The van der Waals surface area contributed by atoms with Crippen molar-refractivity contribution in [1.82, 2.24) is 0 Å². The molecule has 0 aromatic heterocycles. The molecule has 0 aliphatic carbocycles. The van der Waals surface area contributed by atoms with Crippen molar-refractivity contribution < 1.29 is 13.9 Å². The number of halogens is 1. The lowest BCUT2D eigenvalue weighted by Gasteiger charge is -2.09. The number of anilines is 2. The number of hydrogen-bond acceptors (Lipinski definition) is 3. The Morgan fingerprint density at radius 1 is 1.16 bits per heavy atom. The van der Waals surface area contributed by atoms with Crippen LogP contribution in [0.25, 0.3) is 0 Å². The number of para-hydroxylation sites is 3. The van der Waals surface area contributed by atoms with Crippen molar-refractivity contribution in [3.8, 4) is 5.75 Å². The lowest BCUT2D eigenvalue weighted by atomic mass is 10.3. The third-order valence-corrected chi connectivity index (χ3v) is 2.43. The molecule has 0 bridgehead atoms. The van der Waals surface area contributed by atoms with E-state index < -0.39 is 11.7 Å². The fourth-order valence-corrected chi connectivity index (χ4v) is 1.50. The quantitative estimate of drug-likeness (QED) is 0.830. The van der Waals surface area contributed by atoms with E-state index in [1.807, 2.05) is 0 Å². The van der Waals surface area contributed by atoms with Crippen LogP contribution in [-0.2, 0) is 4.79 Å². The van der Waals surface area contributed by atoms with E-state index in [0.717, 1.165) is 0 Å². The fourth-order valence-electron chi connectivity index (χ4n) is 1.50. The van der Waals surface area contributed by atoms with Crippen LogP contribution in [0.5, 0.6) is 5.75 Å². The number of amides is 1. The molecule has 0 heterocycles. The van der Waals surface area contributed by atoms with Crippen LogP contribution >= 0.6 is 0 Å². The van der Waals surface area contributed by atoms with E-state index >= 15 is 0 Å². The van der Waals surface area contributed by atoms with Crippen molar-refractivity contribution in [1.29, 1.82) is 0 Å². The second kappa shape index (κ2) is 5.86. The van der Waals surface area contributed by atoms with Crippen molar-refractivity contribution in [2.45, 2.75) is 0 Å². The average molecular weight is 260 g/mol. The lowest BCUT2D eigenvalue weighted by Crippen LogP contribution is -2.21. The molecular formula is C14H13FN2O2. The highest BCUT2D eigenvalue weighted by atomic mass is 19.1. The van der Waals surface area contributed by atoms with Crippen molar-refractivity contribution >= 4 is 17.3 Å². The van der Waals surface area contributed by atoms with Crippen LogP contribution in [-0.4, -0.2) is 12.5 Å². The standard InChI is InChI=1S/C14H13FN2O2/c15-10-5-1-3-7-12(10)17-14(18)9-19-13-8-4-2-6-11(13)16/h1-8H,9,16H2,(H,17,18). The summed E-state index contributed by atoms with van der Waals surface area (Å²) in [6.07, 6.45) is 0. The van der Waals surface area contributed by atoms with E-state index in [9.17, 15) is 9.18 Å². The van der Waals surface area contributed by atoms with Crippen molar-refractivity contribution in [2.75, 3.05) is 17.7 Å². The van der Waals surface area contributed by atoms with Gasteiger partial charge in [-0.3, -0.25) is 4.79 Å². The Bertz CT molecular complexity index is 587. The normalized spacial score (nSPS) is 9.95. The summed E-state index contributed by atoms with van der Waals surface area (Å²) < 4.78 is 18.6. The molecule has 1 amide bonds. The molecule has 0 unspecified atom stereocenters. The molecule has 0 spiro atoms. The van der Waals surface area contributed by atoms with E-state index in [2.05, 4.69) is 5.32 Å². The van der Waals surface area contributed by atoms with Gasteiger partial charge >= 0.3 is 0 Å². The summed E-state index contributed by atoms with van der Waals surface area (Å²) >= 11 is 0. The first-order valence-electron chi connectivity index (χ1n) is 5.68. The molecule has 0 fully saturated rings. The number of nitrogens with two attached hydrogens (primary N) is 1. The molecule has 2 aromatic carbocycles. The van der Waals surface area contributed by atoms with Gasteiger partial charge in [0, 0.05) is 0 Å². The minimum atomic E-state index is -0.491. The van der Waals surface area contributed by atoms with Crippen LogP contribution in [0.1, 0.15) is 0 Å². The molecule has 2 aromatic rings. The predicted octanol–water partition coefficient (Wildman–Crippen LogP) is 2.43. The summed E-state index contributed by atoms with van der Waals surface area (Å²) in [5, 5.41) is 2.42. The topological polar surface area (TPSA) is 64.3 Å². The lowest BCUT2D eigenvalue weighted by molar-refractivity contribution is -0.118. The number of benzene rings is 2. The summed E-state index contributed by atoms with van der Waals surface area (Å²) in [4.78, 5) is 11.6. The zero-order chi connectivity index (χ0) is 13.7. The van der Waals surface area contributed by atoms with Gasteiger partial charge in [0.25, 0.3) is 5.91 Å². The molecule has 0 radical (unpaired) electrons. The molecule has 5 heteroatoms. The highest BCUT2D eigenvalue weighted by Crippen LogP contribution is 2.19. The summed E-state index contributed by atoms with van der Waals surface area (Å²) in [6.45, 7) is -0.234. The summed E-state index contributed by atoms with van der Waals surface area (Å²) in [5.74, 6) is -0.519. The summed E-state index contributed by atoms with van der Waals surface area (Å²) in [5.41, 5.74) is 6.23. The maximum Gasteiger partial charge on any atom is 0.262 e. The molecule has 0 saturated heterocycles. The Hall–Kier alpha value is -2.56. The number of carbonyl (C=O) groups excluding carboxylic acids is 1. The fraction of sp³-hybridized carbons (Fsp3) is 0.0714. The summed E-state index contributed by atoms with van der Waals surface area (Å²) in [7, 11) is 0. The van der Waals surface area contributed by atoms with Gasteiger partial charge in [-0.2, -0.15) is 0 Å². The molecular weight excluding hydrogens is 247 g/mol. The highest BCUT2D eigenvalue weighted by Gasteiger charge is 2.07. The van der Waals surface area contributed by atoms with Gasteiger partial charge in [0.1, 0.15) is 11.6 Å². The molecule has 0 saturated carbocycles. The highest BCUT2D eigenvalue weighted by molar-refractivity contribution is 5.92. The third kappa shape index (κ3) is 3.45. The van der Waals surface area contributed by atoms with Crippen molar-refractivity contribution in [3.63, 3.8) is 0 Å². The van der Waals surface area contributed by atoms with E-state index in [0.29, 0.717) is 11.4 Å². The van der Waals surface area contributed by atoms with Crippen LogP contribution < -0.4 is 15.8 Å². The molecule has 98 valence electrons. The second-order valence-corrected chi connectivity index (χ2v) is 3.85. The van der Waals surface area contributed by atoms with E-state index in [1.54, 1.807) is 36.4 Å². The molecule has 19 heavy (non-hydrogen) atoms. The zero-order valence-electron chi connectivity index (χ0n) is 10.1.